The Morgan fingerprint density at radius 3 is 2.29 bits per heavy atom. The van der Waals surface area contributed by atoms with Gasteiger partial charge in [0.1, 0.15) is 5.58 Å². The number of rotatable bonds is 4. The molecule has 0 unspecified atom stereocenters. The third-order valence-corrected chi connectivity index (χ3v) is 4.59. The summed E-state index contributed by atoms with van der Waals surface area (Å²) in [7, 11) is 2.08. The van der Waals surface area contributed by atoms with E-state index < -0.39 is 0 Å². The fourth-order valence-corrected chi connectivity index (χ4v) is 3.04. The van der Waals surface area contributed by atoms with E-state index in [1.807, 2.05) is 13.0 Å². The van der Waals surface area contributed by atoms with Crippen LogP contribution in [-0.4, -0.2) is 11.9 Å². The molecule has 124 valence electrons. The van der Waals surface area contributed by atoms with E-state index in [0.717, 1.165) is 23.1 Å². The molecule has 0 saturated carbocycles. The van der Waals surface area contributed by atoms with Gasteiger partial charge >= 0.3 is 5.63 Å². The van der Waals surface area contributed by atoms with Gasteiger partial charge in [0, 0.05) is 24.5 Å². The maximum Gasteiger partial charge on any atom is 0.336 e. The van der Waals surface area contributed by atoms with Gasteiger partial charge in [-0.15, -0.1) is 0 Å². The summed E-state index contributed by atoms with van der Waals surface area (Å²) in [6.07, 6.45) is 0. The second kappa shape index (κ2) is 6.62. The molecule has 0 N–H and O–H groups in total. The predicted molar refractivity (Wildman–Crippen MR) is 98.3 cm³/mol. The van der Waals surface area contributed by atoms with Crippen molar-refractivity contribution >= 4 is 11.0 Å². The van der Waals surface area contributed by atoms with E-state index in [1.165, 1.54) is 16.7 Å². The highest BCUT2D eigenvalue weighted by Crippen LogP contribution is 2.23. The Morgan fingerprint density at radius 2 is 1.54 bits per heavy atom. The monoisotopic (exact) mass is 321 g/mol. The molecule has 24 heavy (non-hydrogen) atoms. The third-order valence-electron chi connectivity index (χ3n) is 4.59. The Balaban J connectivity index is 1.93. The van der Waals surface area contributed by atoms with Crippen LogP contribution in [-0.2, 0) is 13.1 Å². The number of benzene rings is 2. The lowest BCUT2D eigenvalue weighted by atomic mass is 10.0. The predicted octanol–water partition coefficient (Wildman–Crippen LogP) is 4.35. The van der Waals surface area contributed by atoms with E-state index in [2.05, 4.69) is 56.1 Å². The molecule has 2 aromatic carbocycles. The molecule has 0 saturated heterocycles. The summed E-state index contributed by atoms with van der Waals surface area (Å²) in [5.41, 5.74) is 6.33. The second-order valence-corrected chi connectivity index (χ2v) is 6.62. The highest BCUT2D eigenvalue weighted by atomic mass is 16.4. The molecule has 3 nitrogen and oxygen atoms in total. The van der Waals surface area contributed by atoms with Crippen LogP contribution in [0.15, 0.2) is 51.7 Å². The topological polar surface area (TPSA) is 33.5 Å². The van der Waals surface area contributed by atoms with Gasteiger partial charge in [0.05, 0.1) is 0 Å². The van der Waals surface area contributed by atoms with Crippen molar-refractivity contribution in [3.8, 4) is 0 Å². The number of hydrogen-bond donors (Lipinski definition) is 0. The minimum absolute atomic E-state index is 0.287. The summed E-state index contributed by atoms with van der Waals surface area (Å²) in [6, 6.07) is 14.1. The molecule has 0 aliphatic carbocycles. The molecule has 0 spiro atoms. The van der Waals surface area contributed by atoms with Crippen LogP contribution in [0.3, 0.4) is 0 Å². The molecule has 0 fully saturated rings. The molecular weight excluding hydrogens is 298 g/mol. The van der Waals surface area contributed by atoms with Crippen LogP contribution in [0, 0.1) is 20.8 Å². The van der Waals surface area contributed by atoms with Gasteiger partial charge in [0.2, 0.25) is 0 Å². The number of fused-ring (bicyclic) bond motifs is 1. The summed E-state index contributed by atoms with van der Waals surface area (Å²) in [6.45, 7) is 7.80. The van der Waals surface area contributed by atoms with Gasteiger partial charge in [-0.1, -0.05) is 24.3 Å². The van der Waals surface area contributed by atoms with Crippen LogP contribution in [0.2, 0.25) is 0 Å². The molecule has 0 aliphatic rings. The first-order chi connectivity index (χ1) is 11.4. The zero-order chi connectivity index (χ0) is 17.3. The zero-order valence-corrected chi connectivity index (χ0v) is 14.7. The summed E-state index contributed by atoms with van der Waals surface area (Å²) >= 11 is 0. The Bertz CT molecular complexity index is 940. The van der Waals surface area contributed by atoms with Crippen molar-refractivity contribution in [3.05, 3.63) is 80.7 Å². The van der Waals surface area contributed by atoms with Crippen molar-refractivity contribution in [2.45, 2.75) is 33.9 Å². The van der Waals surface area contributed by atoms with Gasteiger partial charge in [0.25, 0.3) is 0 Å². The SMILES string of the molecule is Cc1cc2oc(=O)cc(CN(C)Cc3ccccc3C)c2cc1C. The maximum absolute atomic E-state index is 11.9. The van der Waals surface area contributed by atoms with Crippen molar-refractivity contribution in [1.29, 1.82) is 0 Å². The zero-order valence-electron chi connectivity index (χ0n) is 14.7. The molecule has 3 aromatic rings. The smallest absolute Gasteiger partial charge is 0.336 e. The van der Waals surface area contributed by atoms with E-state index in [0.29, 0.717) is 12.1 Å². The highest BCUT2D eigenvalue weighted by molar-refractivity contribution is 5.81. The molecule has 3 heteroatoms. The largest absolute Gasteiger partial charge is 0.423 e. The second-order valence-electron chi connectivity index (χ2n) is 6.62. The summed E-state index contributed by atoms with van der Waals surface area (Å²) < 4.78 is 5.38. The van der Waals surface area contributed by atoms with Crippen molar-refractivity contribution in [2.24, 2.45) is 0 Å². The van der Waals surface area contributed by atoms with Gasteiger partial charge in [-0.2, -0.15) is 0 Å². The molecule has 0 aliphatic heterocycles. The van der Waals surface area contributed by atoms with Gasteiger partial charge in [-0.25, -0.2) is 4.79 Å². The highest BCUT2D eigenvalue weighted by Gasteiger charge is 2.11. The molecule has 0 amide bonds. The molecule has 3 rings (SSSR count). The van der Waals surface area contributed by atoms with Crippen LogP contribution in [0.5, 0.6) is 0 Å². The van der Waals surface area contributed by atoms with Crippen molar-refractivity contribution in [3.63, 3.8) is 0 Å². The van der Waals surface area contributed by atoms with Crippen molar-refractivity contribution in [2.75, 3.05) is 7.05 Å². The van der Waals surface area contributed by atoms with E-state index in [4.69, 9.17) is 4.42 Å². The first kappa shape index (κ1) is 16.5. The number of hydrogen-bond acceptors (Lipinski definition) is 3. The van der Waals surface area contributed by atoms with Gasteiger partial charge < -0.3 is 4.42 Å². The minimum atomic E-state index is -0.287. The lowest BCUT2D eigenvalue weighted by Gasteiger charge is -2.19. The molecule has 1 aromatic heterocycles. The Kier molecular flexibility index (Phi) is 4.54. The first-order valence-corrected chi connectivity index (χ1v) is 8.21. The maximum atomic E-state index is 11.9. The van der Waals surface area contributed by atoms with Gasteiger partial charge in [-0.05, 0) is 67.8 Å². The van der Waals surface area contributed by atoms with E-state index in [1.54, 1.807) is 6.07 Å². The lowest BCUT2D eigenvalue weighted by molar-refractivity contribution is 0.318. The average Bonchev–Trinajstić information content (AvgIpc) is 2.51. The Hall–Kier alpha value is -2.39. The summed E-state index contributed by atoms with van der Waals surface area (Å²) in [4.78, 5) is 14.1. The molecule has 0 bridgehead atoms. The quantitative estimate of drug-likeness (QED) is 0.670. The van der Waals surface area contributed by atoms with Crippen LogP contribution in [0.25, 0.3) is 11.0 Å². The van der Waals surface area contributed by atoms with Crippen LogP contribution >= 0.6 is 0 Å². The fraction of sp³-hybridized carbons (Fsp3) is 0.286. The molecule has 0 atom stereocenters. The van der Waals surface area contributed by atoms with Crippen LogP contribution in [0.1, 0.15) is 27.8 Å². The summed E-state index contributed by atoms with van der Waals surface area (Å²) in [5, 5.41) is 1.02. The Morgan fingerprint density at radius 1 is 0.875 bits per heavy atom. The molecule has 1 heterocycles. The number of aryl methyl sites for hydroxylation is 3. The van der Waals surface area contributed by atoms with Crippen LogP contribution < -0.4 is 5.63 Å². The fourth-order valence-electron chi connectivity index (χ4n) is 3.04. The average molecular weight is 321 g/mol. The Labute approximate surface area is 142 Å². The summed E-state index contributed by atoms with van der Waals surface area (Å²) in [5.74, 6) is 0. The molecular formula is C21H23NO2. The number of nitrogens with zero attached hydrogens (tertiary/aromatic N) is 1. The van der Waals surface area contributed by atoms with E-state index in [-0.39, 0.29) is 5.63 Å². The van der Waals surface area contributed by atoms with Crippen molar-refractivity contribution in [1.82, 2.24) is 4.90 Å². The third kappa shape index (κ3) is 3.41. The normalized spacial score (nSPS) is 11.4. The standard InChI is InChI=1S/C21H23NO2/c1-14-7-5-6-8-17(14)12-22(4)13-18-11-21(23)24-20-10-16(3)15(2)9-19(18)20/h5-11H,12-13H2,1-4H3. The van der Waals surface area contributed by atoms with Crippen molar-refractivity contribution < 1.29 is 4.42 Å². The first-order valence-electron chi connectivity index (χ1n) is 8.21. The van der Waals surface area contributed by atoms with Crippen LogP contribution in [0.4, 0.5) is 0 Å². The van der Waals surface area contributed by atoms with E-state index >= 15 is 0 Å². The molecule has 0 radical (unpaired) electrons. The van der Waals surface area contributed by atoms with Gasteiger partial charge in [-0.3, -0.25) is 4.90 Å². The minimum Gasteiger partial charge on any atom is -0.423 e. The lowest BCUT2D eigenvalue weighted by Crippen LogP contribution is -2.19. The van der Waals surface area contributed by atoms with E-state index in [9.17, 15) is 4.79 Å². The van der Waals surface area contributed by atoms with Gasteiger partial charge in [0.15, 0.2) is 0 Å².